The molecule has 123 heavy (non-hydrogen) atoms. The SMILES string of the molecule is O=C(OC[C@H]1O[C@@H](O)[C@@H](OC(=O)c2cc(O)c(O)c(O)c2)[C@H](OC(=O)c2cc(O)c(O)c(O)c2)[C@@H]1OC(=O)c1cc(O)c(O)c(O)c1Oc1cc2c(c(O)c1O)-c1c(cc(O)c(O)c1O)C(=O)O[C@@H]1[C@H](OC(=O)c3cc(O)c(O)c(O)c3)[C@@H](OC(=O)c3cc(O)c(O)c(O)c3)[C@H](OC(=O)c3cc(O)c(O)c(O)c3)O[C@H]1COC2=O)c1cc(O)c(O)c(O)c1. The lowest BCUT2D eigenvalue weighted by Gasteiger charge is -2.43. The largest absolute Gasteiger partial charge is 0.504 e. The topological polar surface area (TPSA) is 811 Å². The summed E-state index contributed by atoms with van der Waals surface area (Å²) in [5, 5.41) is 289. The number of esters is 9. The van der Waals surface area contributed by atoms with Gasteiger partial charge < -0.3 is 195 Å². The van der Waals surface area contributed by atoms with E-state index in [1.165, 1.54) is 0 Å². The van der Waals surface area contributed by atoms with Crippen molar-refractivity contribution in [2.45, 2.75) is 61.4 Å². The Morgan fingerprint density at radius 1 is 0.317 bits per heavy atom. The van der Waals surface area contributed by atoms with E-state index in [0.29, 0.717) is 72.8 Å². The summed E-state index contributed by atoms with van der Waals surface area (Å²) in [4.78, 5) is 131. The Hall–Kier alpha value is -17.3. The molecule has 0 saturated carbocycles. The number of rotatable bonds is 17. The number of ether oxygens (including phenoxy) is 12. The number of phenolic OH excluding ortho intramolecular Hbond substituents is 26. The van der Waals surface area contributed by atoms with Crippen molar-refractivity contribution in [1.82, 2.24) is 0 Å². The normalized spacial score (nSPS) is 19.1. The second kappa shape index (κ2) is 32.6. The van der Waals surface area contributed by atoms with Gasteiger partial charge in [-0.25, -0.2) is 43.2 Å². The van der Waals surface area contributed by atoms with Gasteiger partial charge in [-0.05, 0) is 78.9 Å². The van der Waals surface area contributed by atoms with Crippen LogP contribution >= 0.6 is 0 Å². The van der Waals surface area contributed by atoms with E-state index in [1.54, 1.807) is 0 Å². The Bertz CT molecular complexity index is 5810. The van der Waals surface area contributed by atoms with Crippen molar-refractivity contribution in [3.05, 3.63) is 141 Å². The van der Waals surface area contributed by atoms with Crippen molar-refractivity contribution in [1.29, 1.82) is 0 Å². The summed E-state index contributed by atoms with van der Waals surface area (Å²) in [5.74, 6) is -56.4. The van der Waals surface area contributed by atoms with Crippen LogP contribution in [0.4, 0.5) is 0 Å². The highest BCUT2D eigenvalue weighted by Crippen LogP contribution is 2.57. The number of carbonyl (C=O) groups excluding carboxylic acids is 9. The number of cyclic esters (lactones) is 1. The summed E-state index contributed by atoms with van der Waals surface area (Å²) >= 11 is 0. The van der Waals surface area contributed by atoms with Crippen LogP contribution in [0.1, 0.15) is 93.2 Å². The molecule has 644 valence electrons. The van der Waals surface area contributed by atoms with Crippen LogP contribution in [-0.4, -0.2) is 266 Å². The summed E-state index contributed by atoms with van der Waals surface area (Å²) in [5.41, 5.74) is -13.0. The average molecular weight is 1730 g/mol. The number of benzene rings is 9. The van der Waals surface area contributed by atoms with E-state index in [4.69, 9.17) is 56.8 Å². The van der Waals surface area contributed by atoms with Gasteiger partial charge in [-0.3, -0.25) is 0 Å². The van der Waals surface area contributed by atoms with Gasteiger partial charge in [0.2, 0.25) is 35.4 Å². The first kappa shape index (κ1) is 85.1. The maximum absolute atomic E-state index is 15.3. The summed E-state index contributed by atoms with van der Waals surface area (Å²) in [7, 11) is 0. The minimum absolute atomic E-state index is 0.126. The molecule has 2 fully saturated rings. The van der Waals surface area contributed by atoms with Crippen molar-refractivity contribution >= 4 is 53.7 Å². The molecular formula is C75H56O48. The fourth-order valence-corrected chi connectivity index (χ4v) is 12.2. The Labute approximate surface area is 677 Å². The molecule has 0 radical (unpaired) electrons. The third-order valence-corrected chi connectivity index (χ3v) is 18.3. The van der Waals surface area contributed by atoms with Gasteiger partial charge in [-0.15, -0.1) is 0 Å². The third kappa shape index (κ3) is 16.2. The highest BCUT2D eigenvalue weighted by Gasteiger charge is 2.57. The summed E-state index contributed by atoms with van der Waals surface area (Å²) in [6.45, 7) is -3.11. The lowest BCUT2D eigenvalue weighted by Crippen LogP contribution is -2.63. The summed E-state index contributed by atoms with van der Waals surface area (Å²) in [6.07, 6.45) is -27.4. The minimum Gasteiger partial charge on any atom is -0.504 e. The van der Waals surface area contributed by atoms with Crippen LogP contribution in [0.3, 0.4) is 0 Å². The number of hydrogen-bond donors (Lipinski definition) is 27. The first-order chi connectivity index (χ1) is 57.8. The molecule has 0 aromatic heterocycles. The number of aliphatic hydroxyl groups excluding tert-OH is 1. The number of fused-ring (bicyclic) bond motifs is 4. The van der Waals surface area contributed by atoms with Crippen LogP contribution in [0.2, 0.25) is 0 Å². The van der Waals surface area contributed by atoms with Crippen molar-refractivity contribution in [2.24, 2.45) is 0 Å². The molecule has 0 aliphatic carbocycles. The number of carbonyl (C=O) groups is 9. The monoisotopic (exact) mass is 1720 g/mol. The van der Waals surface area contributed by atoms with Crippen LogP contribution in [0.5, 0.6) is 161 Å². The van der Waals surface area contributed by atoms with Crippen LogP contribution in [0, 0.1) is 0 Å². The summed E-state index contributed by atoms with van der Waals surface area (Å²) < 4.78 is 67.5. The Kier molecular flexibility index (Phi) is 22.6. The number of aromatic hydroxyl groups is 26. The molecule has 2 saturated heterocycles. The van der Waals surface area contributed by atoms with Gasteiger partial charge in [0, 0.05) is 23.3 Å². The van der Waals surface area contributed by atoms with Gasteiger partial charge in [-0.2, -0.15) is 0 Å². The van der Waals surface area contributed by atoms with Crippen molar-refractivity contribution in [3.63, 3.8) is 0 Å². The number of phenols is 26. The van der Waals surface area contributed by atoms with Gasteiger partial charge in [0.15, 0.2) is 175 Å². The molecule has 12 rings (SSSR count). The molecule has 0 bridgehead atoms. The number of aliphatic hydroxyl groups is 1. The number of hydrogen-bond acceptors (Lipinski definition) is 48. The maximum atomic E-state index is 15.3. The standard InChI is InChI=1S/C75H56O48/c76-27-1-18(2-28(77)46(27)90)65(102)112-16-42-59(61(119-66(103)19-3-29(78)47(91)30(79)4-19)63(74(111)115-42)121-68(105)21-7-33(82)49(93)34(83)8-21)118-73(110)26-14-40(89)53(97)57(101)58(26)114-41-15-25-45(56(100)54(41)98)44-24(13-39(88)52(96)55(44)99)72(109)117-60-43(17-113-71(25)108)116-75(123-70(107)23-11-37(86)51(95)38(87)12-23)64(122-69(106)22-9-35(84)50(94)36(85)10-22)62(60)120-67(104)20-5-31(80)48(92)32(81)6-20/h1-15,42-43,59-64,74-101,111H,16-17H2/t42-,43+,59-,60+,61-,62+,63+,64-,74-,75+/m1/s1. The Balaban J connectivity index is 0.982. The molecular weight excluding hydrogens is 1670 g/mol. The second-order valence-electron chi connectivity index (χ2n) is 26.2. The van der Waals surface area contributed by atoms with Crippen molar-refractivity contribution < 1.29 is 238 Å². The lowest BCUT2D eigenvalue weighted by atomic mass is 9.91. The molecule has 3 heterocycles. The molecule has 3 aliphatic rings. The quantitative estimate of drug-likeness (QED) is 0.0354. The van der Waals surface area contributed by atoms with E-state index in [9.17, 15) is 167 Å². The molecule has 0 spiro atoms. The zero-order valence-corrected chi connectivity index (χ0v) is 60.5. The highest BCUT2D eigenvalue weighted by molar-refractivity contribution is 6.09. The van der Waals surface area contributed by atoms with Gasteiger partial charge in [0.05, 0.1) is 44.5 Å². The van der Waals surface area contributed by atoms with Crippen molar-refractivity contribution in [3.8, 4) is 172 Å². The molecule has 48 heteroatoms. The zero-order valence-electron chi connectivity index (χ0n) is 60.5. The molecule has 48 nitrogen and oxygen atoms in total. The minimum atomic E-state index is -2.84. The molecule has 0 amide bonds. The van der Waals surface area contributed by atoms with E-state index < -0.39 is 351 Å². The Morgan fingerprint density at radius 2 is 0.650 bits per heavy atom. The first-order valence-electron chi connectivity index (χ1n) is 34.0. The van der Waals surface area contributed by atoms with Gasteiger partial charge in [-0.1, -0.05) is 0 Å². The predicted octanol–water partition coefficient (Wildman–Crippen LogP) is 2.77. The van der Waals surface area contributed by atoms with Gasteiger partial charge in [0.25, 0.3) is 0 Å². The lowest BCUT2D eigenvalue weighted by molar-refractivity contribution is -0.284. The molecule has 9 aromatic carbocycles. The molecule has 9 aromatic rings. The fourth-order valence-electron chi connectivity index (χ4n) is 12.2. The first-order valence-corrected chi connectivity index (χ1v) is 34.0. The Morgan fingerprint density at radius 3 is 1.07 bits per heavy atom. The van der Waals surface area contributed by atoms with Crippen LogP contribution in [-0.2, 0) is 52.1 Å². The van der Waals surface area contributed by atoms with E-state index >= 15 is 14.4 Å². The zero-order chi connectivity index (χ0) is 90.0. The predicted molar refractivity (Wildman–Crippen MR) is 381 cm³/mol. The van der Waals surface area contributed by atoms with E-state index in [-0.39, 0.29) is 18.2 Å². The molecule has 0 unspecified atom stereocenters. The fraction of sp³-hybridized carbons (Fsp3) is 0.160. The van der Waals surface area contributed by atoms with Gasteiger partial charge in [0.1, 0.15) is 31.0 Å². The average Bonchev–Trinajstić information content (AvgIpc) is 1.72. The highest BCUT2D eigenvalue weighted by atomic mass is 16.8. The van der Waals surface area contributed by atoms with Gasteiger partial charge >= 0.3 is 53.7 Å². The van der Waals surface area contributed by atoms with E-state index in [0.717, 1.165) is 0 Å². The second-order valence-corrected chi connectivity index (χ2v) is 26.2. The van der Waals surface area contributed by atoms with Crippen molar-refractivity contribution in [2.75, 3.05) is 13.2 Å². The van der Waals surface area contributed by atoms with Crippen LogP contribution < -0.4 is 4.74 Å². The van der Waals surface area contributed by atoms with Crippen LogP contribution in [0.15, 0.2) is 91.0 Å². The van der Waals surface area contributed by atoms with Crippen LogP contribution in [0.25, 0.3) is 11.1 Å². The van der Waals surface area contributed by atoms with E-state index in [2.05, 4.69) is 0 Å². The smallest absolute Gasteiger partial charge is 0.342 e. The summed E-state index contributed by atoms with van der Waals surface area (Å²) in [6, 6.07) is 5.85. The molecule has 3 aliphatic heterocycles. The molecule has 27 N–H and O–H groups in total. The van der Waals surface area contributed by atoms with E-state index in [1.807, 2.05) is 0 Å². The third-order valence-electron chi connectivity index (χ3n) is 18.3. The molecule has 10 atom stereocenters. The maximum Gasteiger partial charge on any atom is 0.342 e.